The fourth-order valence-corrected chi connectivity index (χ4v) is 2.06. The molecule has 2 rings (SSSR count). The van der Waals surface area contributed by atoms with E-state index in [0.29, 0.717) is 11.0 Å². The highest BCUT2D eigenvalue weighted by atomic mass is 79.9. The first-order valence-electron chi connectivity index (χ1n) is 5.68. The normalized spacial score (nSPS) is 10.4. The second kappa shape index (κ2) is 5.48. The van der Waals surface area contributed by atoms with Gasteiger partial charge >= 0.3 is 0 Å². The van der Waals surface area contributed by atoms with Crippen molar-refractivity contribution < 1.29 is 4.39 Å². The number of nitrogens with zero attached hydrogens (tertiary/aromatic N) is 1. The SMILES string of the molecule is Cc1cc(F)c(Br)cc1NCc1ncccc1C. The number of halogens is 2. The molecule has 0 aliphatic carbocycles. The van der Waals surface area contributed by atoms with Crippen LogP contribution in [0.1, 0.15) is 16.8 Å². The van der Waals surface area contributed by atoms with Gasteiger partial charge in [-0.1, -0.05) is 6.07 Å². The molecule has 0 amide bonds. The van der Waals surface area contributed by atoms with E-state index < -0.39 is 0 Å². The molecule has 0 saturated heterocycles. The van der Waals surface area contributed by atoms with Crippen LogP contribution in [0.4, 0.5) is 10.1 Å². The Hall–Kier alpha value is -1.42. The lowest BCUT2D eigenvalue weighted by Crippen LogP contribution is -2.05. The summed E-state index contributed by atoms with van der Waals surface area (Å²) >= 11 is 3.19. The maximum Gasteiger partial charge on any atom is 0.137 e. The summed E-state index contributed by atoms with van der Waals surface area (Å²) in [5.74, 6) is -0.243. The average molecular weight is 309 g/mol. The Labute approximate surface area is 114 Å². The molecule has 0 spiro atoms. The summed E-state index contributed by atoms with van der Waals surface area (Å²) in [5.41, 5.74) is 3.93. The van der Waals surface area contributed by atoms with Crippen LogP contribution in [0.2, 0.25) is 0 Å². The second-order valence-corrected chi connectivity index (χ2v) is 5.06. The van der Waals surface area contributed by atoms with Crippen molar-refractivity contribution in [2.45, 2.75) is 20.4 Å². The van der Waals surface area contributed by atoms with Crippen molar-refractivity contribution in [2.75, 3.05) is 5.32 Å². The molecule has 2 aromatic rings. The standard InChI is InChI=1S/C14H14BrFN2/c1-9-4-3-5-17-14(9)8-18-13-7-11(15)12(16)6-10(13)2/h3-7,18H,8H2,1-2H3. The quantitative estimate of drug-likeness (QED) is 0.918. The molecule has 4 heteroatoms. The highest BCUT2D eigenvalue weighted by molar-refractivity contribution is 9.10. The van der Waals surface area contributed by atoms with Crippen molar-refractivity contribution in [2.24, 2.45) is 0 Å². The van der Waals surface area contributed by atoms with Crippen LogP contribution in [0.25, 0.3) is 0 Å². The van der Waals surface area contributed by atoms with Gasteiger partial charge in [-0.3, -0.25) is 4.98 Å². The number of aromatic nitrogens is 1. The summed E-state index contributed by atoms with van der Waals surface area (Å²) in [6, 6.07) is 7.21. The first-order chi connectivity index (χ1) is 8.58. The van der Waals surface area contributed by atoms with E-state index in [9.17, 15) is 4.39 Å². The number of aryl methyl sites for hydroxylation is 2. The molecule has 0 unspecified atom stereocenters. The first kappa shape index (κ1) is 13.0. The zero-order chi connectivity index (χ0) is 13.1. The summed E-state index contributed by atoms with van der Waals surface area (Å²) in [7, 11) is 0. The lowest BCUT2D eigenvalue weighted by atomic mass is 10.1. The molecule has 94 valence electrons. The molecule has 0 bridgehead atoms. The van der Waals surface area contributed by atoms with Gasteiger partial charge < -0.3 is 5.32 Å². The Morgan fingerprint density at radius 2 is 2.06 bits per heavy atom. The van der Waals surface area contributed by atoms with E-state index in [1.807, 2.05) is 26.0 Å². The number of nitrogens with one attached hydrogen (secondary N) is 1. The maximum absolute atomic E-state index is 13.3. The molecular formula is C14H14BrFN2. The van der Waals surface area contributed by atoms with Crippen molar-refractivity contribution in [1.29, 1.82) is 0 Å². The summed E-state index contributed by atoms with van der Waals surface area (Å²) in [4.78, 5) is 4.31. The van der Waals surface area contributed by atoms with Gasteiger partial charge in [0.25, 0.3) is 0 Å². The van der Waals surface area contributed by atoms with Crippen LogP contribution in [0.15, 0.2) is 34.9 Å². The van der Waals surface area contributed by atoms with Gasteiger partial charge in [0.05, 0.1) is 16.7 Å². The van der Waals surface area contributed by atoms with E-state index in [1.165, 1.54) is 6.07 Å². The van der Waals surface area contributed by atoms with E-state index in [-0.39, 0.29) is 5.82 Å². The summed E-state index contributed by atoms with van der Waals surface area (Å²) in [5, 5.41) is 3.28. The van der Waals surface area contributed by atoms with Crippen LogP contribution < -0.4 is 5.32 Å². The van der Waals surface area contributed by atoms with Crippen molar-refractivity contribution in [3.8, 4) is 0 Å². The smallest absolute Gasteiger partial charge is 0.137 e. The van der Waals surface area contributed by atoms with E-state index in [0.717, 1.165) is 22.5 Å². The third-order valence-electron chi connectivity index (χ3n) is 2.83. The number of pyridine rings is 1. The fraction of sp³-hybridized carbons (Fsp3) is 0.214. The largest absolute Gasteiger partial charge is 0.379 e. The van der Waals surface area contributed by atoms with Gasteiger partial charge in [0.1, 0.15) is 5.82 Å². The minimum atomic E-state index is -0.243. The highest BCUT2D eigenvalue weighted by Crippen LogP contribution is 2.24. The minimum absolute atomic E-state index is 0.243. The zero-order valence-corrected chi connectivity index (χ0v) is 11.9. The van der Waals surface area contributed by atoms with Gasteiger partial charge in [0.2, 0.25) is 0 Å². The molecule has 0 atom stereocenters. The topological polar surface area (TPSA) is 24.9 Å². The monoisotopic (exact) mass is 308 g/mol. The van der Waals surface area contributed by atoms with Gasteiger partial charge in [-0.25, -0.2) is 4.39 Å². The third-order valence-corrected chi connectivity index (χ3v) is 3.44. The Morgan fingerprint density at radius 3 is 2.78 bits per heavy atom. The molecule has 0 aliphatic heterocycles. The fourth-order valence-electron chi connectivity index (χ4n) is 1.72. The summed E-state index contributed by atoms with van der Waals surface area (Å²) in [6.45, 7) is 4.53. The Morgan fingerprint density at radius 1 is 1.28 bits per heavy atom. The van der Waals surface area contributed by atoms with Gasteiger partial charge in [0, 0.05) is 11.9 Å². The molecule has 2 nitrogen and oxygen atoms in total. The number of anilines is 1. The second-order valence-electron chi connectivity index (χ2n) is 4.20. The van der Waals surface area contributed by atoms with Crippen molar-refractivity contribution >= 4 is 21.6 Å². The molecule has 0 fully saturated rings. The summed E-state index contributed by atoms with van der Waals surface area (Å²) in [6.07, 6.45) is 1.78. The molecule has 1 N–H and O–H groups in total. The van der Waals surface area contributed by atoms with Gasteiger partial charge in [-0.15, -0.1) is 0 Å². The maximum atomic E-state index is 13.3. The summed E-state index contributed by atoms with van der Waals surface area (Å²) < 4.78 is 13.8. The number of rotatable bonds is 3. The molecule has 18 heavy (non-hydrogen) atoms. The molecule has 1 aromatic carbocycles. The predicted molar refractivity (Wildman–Crippen MR) is 75.1 cm³/mol. The van der Waals surface area contributed by atoms with E-state index in [2.05, 4.69) is 26.2 Å². The lowest BCUT2D eigenvalue weighted by molar-refractivity contribution is 0.620. The van der Waals surface area contributed by atoms with Crippen LogP contribution in [-0.4, -0.2) is 4.98 Å². The van der Waals surface area contributed by atoms with Crippen LogP contribution in [0.3, 0.4) is 0 Å². The molecular weight excluding hydrogens is 295 g/mol. The molecule has 1 heterocycles. The number of hydrogen-bond acceptors (Lipinski definition) is 2. The minimum Gasteiger partial charge on any atom is -0.379 e. The lowest BCUT2D eigenvalue weighted by Gasteiger charge is -2.11. The van der Waals surface area contributed by atoms with E-state index in [1.54, 1.807) is 12.3 Å². The number of hydrogen-bond donors (Lipinski definition) is 1. The van der Waals surface area contributed by atoms with Crippen LogP contribution in [0, 0.1) is 19.7 Å². The molecule has 0 aliphatic rings. The van der Waals surface area contributed by atoms with Crippen molar-refractivity contribution in [1.82, 2.24) is 4.98 Å². The number of benzene rings is 1. The van der Waals surface area contributed by atoms with Gasteiger partial charge in [-0.2, -0.15) is 0 Å². The Bertz CT molecular complexity index is 570. The predicted octanol–water partition coefficient (Wildman–Crippen LogP) is 4.21. The molecule has 1 aromatic heterocycles. The van der Waals surface area contributed by atoms with Crippen LogP contribution in [0.5, 0.6) is 0 Å². The molecule has 0 saturated carbocycles. The Balaban J connectivity index is 2.16. The Kier molecular flexibility index (Phi) is 3.97. The van der Waals surface area contributed by atoms with E-state index in [4.69, 9.17) is 0 Å². The van der Waals surface area contributed by atoms with Crippen LogP contribution >= 0.6 is 15.9 Å². The third kappa shape index (κ3) is 2.88. The van der Waals surface area contributed by atoms with Crippen LogP contribution in [-0.2, 0) is 6.54 Å². The highest BCUT2D eigenvalue weighted by Gasteiger charge is 2.06. The zero-order valence-electron chi connectivity index (χ0n) is 10.3. The van der Waals surface area contributed by atoms with E-state index >= 15 is 0 Å². The van der Waals surface area contributed by atoms with Gasteiger partial charge in [0.15, 0.2) is 0 Å². The molecule has 0 radical (unpaired) electrons. The van der Waals surface area contributed by atoms with Crippen molar-refractivity contribution in [3.05, 3.63) is 57.6 Å². The first-order valence-corrected chi connectivity index (χ1v) is 6.47. The van der Waals surface area contributed by atoms with Crippen molar-refractivity contribution in [3.63, 3.8) is 0 Å². The average Bonchev–Trinajstić information content (AvgIpc) is 2.34. The van der Waals surface area contributed by atoms with Gasteiger partial charge in [-0.05, 0) is 59.1 Å².